The van der Waals surface area contributed by atoms with Crippen molar-refractivity contribution in [3.63, 3.8) is 0 Å². The summed E-state index contributed by atoms with van der Waals surface area (Å²) in [4.78, 5) is 12.0. The maximum atomic E-state index is 12.0. The van der Waals surface area contributed by atoms with E-state index in [1.807, 2.05) is 57.2 Å². The molecule has 28 heavy (non-hydrogen) atoms. The number of methoxy groups -OCH3 is 1. The van der Waals surface area contributed by atoms with E-state index in [1.165, 1.54) is 0 Å². The maximum Gasteiger partial charge on any atom is 0.244 e. The monoisotopic (exact) mass is 379 g/mol. The molecule has 0 fully saturated rings. The lowest BCUT2D eigenvalue weighted by atomic mass is 9.99. The Bertz CT molecular complexity index is 1020. The fourth-order valence-corrected chi connectivity index (χ4v) is 3.15. The van der Waals surface area contributed by atoms with E-state index in [4.69, 9.17) is 13.9 Å². The lowest BCUT2D eigenvalue weighted by Gasteiger charge is -2.12. The molecule has 3 aromatic rings. The summed E-state index contributed by atoms with van der Waals surface area (Å²) in [5, 5.41) is 3.75. The number of carbonyl (C=O) groups is 1. The van der Waals surface area contributed by atoms with E-state index in [0.717, 1.165) is 39.0 Å². The van der Waals surface area contributed by atoms with E-state index in [1.54, 1.807) is 19.4 Å². The van der Waals surface area contributed by atoms with Gasteiger partial charge in [-0.25, -0.2) is 0 Å². The minimum atomic E-state index is -0.122. The van der Waals surface area contributed by atoms with Crippen molar-refractivity contribution in [3.05, 3.63) is 54.3 Å². The predicted octanol–water partition coefficient (Wildman–Crippen LogP) is 5.05. The number of nitrogens with one attached hydrogen (secondary N) is 1. The van der Waals surface area contributed by atoms with Gasteiger partial charge in [-0.15, -0.1) is 0 Å². The molecule has 146 valence electrons. The van der Waals surface area contributed by atoms with Crippen LogP contribution in [0.5, 0.6) is 11.5 Å². The quantitative estimate of drug-likeness (QED) is 0.584. The molecule has 0 aliphatic rings. The lowest BCUT2D eigenvalue weighted by Crippen LogP contribution is -2.20. The third-order valence-corrected chi connectivity index (χ3v) is 4.48. The molecule has 1 aromatic heterocycles. The van der Waals surface area contributed by atoms with Crippen LogP contribution in [0.1, 0.15) is 26.3 Å². The van der Waals surface area contributed by atoms with Crippen LogP contribution in [0.3, 0.4) is 0 Å². The Morgan fingerprint density at radius 3 is 2.75 bits per heavy atom. The van der Waals surface area contributed by atoms with Gasteiger partial charge in [0.25, 0.3) is 0 Å². The summed E-state index contributed by atoms with van der Waals surface area (Å²) in [5.41, 5.74) is 4.39. The third kappa shape index (κ3) is 4.03. The molecule has 1 heterocycles. The van der Waals surface area contributed by atoms with E-state index in [-0.39, 0.29) is 5.91 Å². The molecule has 5 heteroatoms. The number of ether oxygens (including phenoxy) is 2. The van der Waals surface area contributed by atoms with Crippen LogP contribution in [0.4, 0.5) is 0 Å². The van der Waals surface area contributed by atoms with E-state index >= 15 is 0 Å². The highest BCUT2D eigenvalue weighted by molar-refractivity contribution is 6.00. The summed E-state index contributed by atoms with van der Waals surface area (Å²) in [6, 6.07) is 11.7. The number of hydrogen-bond acceptors (Lipinski definition) is 4. The Hall–Kier alpha value is -3.21. The minimum absolute atomic E-state index is 0.122. The van der Waals surface area contributed by atoms with Crippen molar-refractivity contribution in [1.82, 2.24) is 5.32 Å². The molecule has 0 bridgehead atoms. The van der Waals surface area contributed by atoms with Crippen LogP contribution in [-0.2, 0) is 4.79 Å². The standard InChI is InChI=1S/C23H25NO4/c1-5-24-23(25)10-15(3)18-12-19-20(16-8-7-9-17(11-16)26-4)14-28-22(19)13-21(18)27-6-2/h7-14H,5-6H2,1-4H3,(H,24,25)/b15-10+. The second kappa shape index (κ2) is 8.65. The number of rotatable bonds is 7. The average molecular weight is 379 g/mol. The molecule has 2 aromatic carbocycles. The normalized spacial score (nSPS) is 11.5. The Morgan fingerprint density at radius 1 is 1.21 bits per heavy atom. The van der Waals surface area contributed by atoms with Crippen molar-refractivity contribution in [1.29, 1.82) is 0 Å². The molecule has 0 saturated heterocycles. The summed E-state index contributed by atoms with van der Waals surface area (Å²) in [7, 11) is 1.65. The molecule has 1 N–H and O–H groups in total. The molecule has 0 aliphatic heterocycles. The highest BCUT2D eigenvalue weighted by atomic mass is 16.5. The first kappa shape index (κ1) is 19.5. The molecule has 0 saturated carbocycles. The van der Waals surface area contributed by atoms with Gasteiger partial charge in [0.05, 0.1) is 20.0 Å². The molecule has 3 rings (SSSR count). The van der Waals surface area contributed by atoms with E-state index in [0.29, 0.717) is 18.9 Å². The van der Waals surface area contributed by atoms with E-state index < -0.39 is 0 Å². The topological polar surface area (TPSA) is 60.7 Å². The van der Waals surface area contributed by atoms with Crippen molar-refractivity contribution in [2.24, 2.45) is 0 Å². The van der Waals surface area contributed by atoms with E-state index in [9.17, 15) is 4.79 Å². The second-order valence-electron chi connectivity index (χ2n) is 6.38. The first-order chi connectivity index (χ1) is 13.6. The molecular weight excluding hydrogens is 354 g/mol. The van der Waals surface area contributed by atoms with Gasteiger partial charge in [-0.05, 0) is 50.1 Å². The van der Waals surface area contributed by atoms with Crippen molar-refractivity contribution < 1.29 is 18.7 Å². The third-order valence-electron chi connectivity index (χ3n) is 4.48. The number of fused-ring (bicyclic) bond motifs is 1. The number of amides is 1. The predicted molar refractivity (Wildman–Crippen MR) is 112 cm³/mol. The Morgan fingerprint density at radius 2 is 2.04 bits per heavy atom. The summed E-state index contributed by atoms with van der Waals surface area (Å²) >= 11 is 0. The van der Waals surface area contributed by atoms with Crippen LogP contribution in [0.25, 0.3) is 27.7 Å². The SMILES string of the molecule is CCNC(=O)/C=C(\C)c1cc2c(-c3cccc(OC)c3)coc2cc1OCC. The van der Waals surface area contributed by atoms with Crippen molar-refractivity contribution in [2.75, 3.05) is 20.3 Å². The van der Waals surface area contributed by atoms with Gasteiger partial charge in [-0.2, -0.15) is 0 Å². The molecule has 1 amide bonds. The van der Waals surface area contributed by atoms with Gasteiger partial charge in [0.2, 0.25) is 5.91 Å². The summed E-state index contributed by atoms with van der Waals surface area (Å²) in [6.45, 7) is 6.84. The van der Waals surface area contributed by atoms with Gasteiger partial charge in [0, 0.05) is 35.2 Å². The highest BCUT2D eigenvalue weighted by Crippen LogP contribution is 2.38. The number of likely N-dealkylation sites (N-methyl/N-ethyl adjacent to an activating group) is 1. The number of allylic oxidation sites excluding steroid dienone is 1. The Kier molecular flexibility index (Phi) is 6.04. The van der Waals surface area contributed by atoms with E-state index in [2.05, 4.69) is 5.32 Å². The van der Waals surface area contributed by atoms with Crippen molar-refractivity contribution in [3.8, 4) is 22.6 Å². The zero-order chi connectivity index (χ0) is 20.1. The summed E-state index contributed by atoms with van der Waals surface area (Å²) in [6.07, 6.45) is 3.33. The van der Waals surface area contributed by atoms with Crippen LogP contribution in [0, 0.1) is 0 Å². The van der Waals surface area contributed by atoms with Crippen LogP contribution in [0.15, 0.2) is 53.2 Å². The van der Waals surface area contributed by atoms with Gasteiger partial charge in [-0.3, -0.25) is 4.79 Å². The first-order valence-corrected chi connectivity index (χ1v) is 9.36. The molecule has 0 atom stereocenters. The second-order valence-corrected chi connectivity index (χ2v) is 6.38. The minimum Gasteiger partial charge on any atom is -0.497 e. The van der Waals surface area contributed by atoms with Crippen LogP contribution in [0.2, 0.25) is 0 Å². The fraction of sp³-hybridized carbons (Fsp3) is 0.261. The average Bonchev–Trinajstić information content (AvgIpc) is 3.10. The van der Waals surface area contributed by atoms with Crippen LogP contribution >= 0.6 is 0 Å². The molecule has 5 nitrogen and oxygen atoms in total. The Labute approximate surface area is 164 Å². The van der Waals surface area contributed by atoms with Gasteiger partial charge in [0.1, 0.15) is 17.1 Å². The zero-order valence-electron chi connectivity index (χ0n) is 16.7. The smallest absolute Gasteiger partial charge is 0.244 e. The van der Waals surface area contributed by atoms with Gasteiger partial charge < -0.3 is 19.2 Å². The van der Waals surface area contributed by atoms with Crippen molar-refractivity contribution in [2.45, 2.75) is 20.8 Å². The van der Waals surface area contributed by atoms with Gasteiger partial charge in [-0.1, -0.05) is 12.1 Å². The van der Waals surface area contributed by atoms with Gasteiger partial charge >= 0.3 is 0 Å². The summed E-state index contributed by atoms with van der Waals surface area (Å²) in [5.74, 6) is 1.35. The molecule has 0 radical (unpaired) electrons. The first-order valence-electron chi connectivity index (χ1n) is 9.36. The molecular formula is C23H25NO4. The lowest BCUT2D eigenvalue weighted by molar-refractivity contribution is -0.116. The Balaban J connectivity index is 2.14. The number of hydrogen-bond donors (Lipinski definition) is 1. The summed E-state index contributed by atoms with van der Waals surface area (Å²) < 4.78 is 16.9. The largest absolute Gasteiger partial charge is 0.497 e. The van der Waals surface area contributed by atoms with Crippen LogP contribution in [-0.4, -0.2) is 26.2 Å². The number of benzene rings is 2. The molecule has 0 unspecified atom stereocenters. The van der Waals surface area contributed by atoms with Gasteiger partial charge in [0.15, 0.2) is 0 Å². The number of furan rings is 1. The van der Waals surface area contributed by atoms with Crippen molar-refractivity contribution >= 4 is 22.4 Å². The zero-order valence-corrected chi connectivity index (χ0v) is 16.7. The highest BCUT2D eigenvalue weighted by Gasteiger charge is 2.15. The number of carbonyl (C=O) groups excluding carboxylic acids is 1. The molecule has 0 aliphatic carbocycles. The molecule has 0 spiro atoms. The maximum absolute atomic E-state index is 12.0. The van der Waals surface area contributed by atoms with Crippen LogP contribution < -0.4 is 14.8 Å². The fourth-order valence-electron chi connectivity index (χ4n) is 3.15.